The Kier molecular flexibility index (Phi) is 5.21. The lowest BCUT2D eigenvalue weighted by Crippen LogP contribution is -2.39. The summed E-state index contributed by atoms with van der Waals surface area (Å²) in [6.07, 6.45) is -4.55. The predicted octanol–water partition coefficient (Wildman–Crippen LogP) is 2.68. The van der Waals surface area contributed by atoms with Gasteiger partial charge in [0, 0.05) is 12.2 Å². The van der Waals surface area contributed by atoms with Gasteiger partial charge in [-0.2, -0.15) is 17.5 Å². The molecule has 1 aromatic rings. The third kappa shape index (κ3) is 4.31. The largest absolute Gasteiger partial charge is 0.402 e. The number of nitrogen functional groups attached to an aromatic ring is 1. The number of rotatable bonds is 5. The van der Waals surface area contributed by atoms with Gasteiger partial charge in [0.15, 0.2) is 0 Å². The van der Waals surface area contributed by atoms with Crippen molar-refractivity contribution in [3.8, 4) is 0 Å². The van der Waals surface area contributed by atoms with E-state index in [0.717, 1.165) is 12.1 Å². The van der Waals surface area contributed by atoms with Gasteiger partial charge < -0.3 is 5.73 Å². The van der Waals surface area contributed by atoms with Gasteiger partial charge in [-0.05, 0) is 31.0 Å². The van der Waals surface area contributed by atoms with Gasteiger partial charge in [0.1, 0.15) is 17.3 Å². The Hall–Kier alpha value is -1.35. The quantitative estimate of drug-likeness (QED) is 0.668. The van der Waals surface area contributed by atoms with E-state index >= 15 is 0 Å². The van der Waals surface area contributed by atoms with Crippen LogP contribution in [0.15, 0.2) is 17.0 Å². The van der Waals surface area contributed by atoms with E-state index in [1.807, 2.05) is 0 Å². The van der Waals surface area contributed by atoms with Crippen molar-refractivity contribution in [2.45, 2.75) is 31.3 Å². The van der Waals surface area contributed by atoms with Crippen LogP contribution in [0.3, 0.4) is 0 Å². The molecular weight excluding hydrogens is 312 g/mol. The second-order valence-electron chi connectivity index (χ2n) is 4.59. The zero-order valence-corrected chi connectivity index (χ0v) is 12.4. The molecule has 0 atom stereocenters. The Morgan fingerprint density at radius 2 is 1.86 bits per heavy atom. The summed E-state index contributed by atoms with van der Waals surface area (Å²) >= 11 is 0. The van der Waals surface area contributed by atoms with Gasteiger partial charge in [-0.25, -0.2) is 12.8 Å². The number of benzene rings is 1. The fourth-order valence-corrected chi connectivity index (χ4v) is 3.34. The van der Waals surface area contributed by atoms with Gasteiger partial charge in [-0.15, -0.1) is 0 Å². The van der Waals surface area contributed by atoms with E-state index in [4.69, 9.17) is 5.73 Å². The van der Waals surface area contributed by atoms with Gasteiger partial charge in [0.25, 0.3) is 0 Å². The number of anilines is 1. The highest BCUT2D eigenvalue weighted by molar-refractivity contribution is 7.89. The fraction of sp³-hybridized carbons (Fsp3) is 0.500. The maximum Gasteiger partial charge on any atom is 0.402 e. The van der Waals surface area contributed by atoms with Crippen LogP contribution in [0.5, 0.6) is 0 Å². The minimum atomic E-state index is -4.71. The summed E-state index contributed by atoms with van der Waals surface area (Å²) < 4.78 is 75.9. The molecular formula is C12H16F4N2O2S. The molecule has 0 aliphatic carbocycles. The van der Waals surface area contributed by atoms with Crippen molar-refractivity contribution in [1.82, 2.24) is 4.31 Å². The van der Waals surface area contributed by atoms with Crippen LogP contribution >= 0.6 is 0 Å². The molecule has 0 spiro atoms. The van der Waals surface area contributed by atoms with Crippen molar-refractivity contribution in [3.05, 3.63) is 23.5 Å². The van der Waals surface area contributed by atoms with Crippen molar-refractivity contribution < 1.29 is 26.0 Å². The minimum Gasteiger partial charge on any atom is -0.398 e. The standard InChI is InChI=1S/C12H16F4N2O2S/c1-3-4-18(7-12(14,15)16)21(19,20)11-6-10(17)8(2)5-9(11)13/h5-6H,3-4,7,17H2,1-2H3. The highest BCUT2D eigenvalue weighted by atomic mass is 32.2. The third-order valence-corrected chi connectivity index (χ3v) is 4.63. The van der Waals surface area contributed by atoms with Crippen LogP contribution in [0.2, 0.25) is 0 Å². The van der Waals surface area contributed by atoms with Crippen molar-refractivity contribution in [3.63, 3.8) is 0 Å². The van der Waals surface area contributed by atoms with Crippen LogP contribution in [-0.2, 0) is 10.0 Å². The molecule has 0 saturated carbocycles. The Morgan fingerprint density at radius 1 is 1.29 bits per heavy atom. The SMILES string of the molecule is CCCN(CC(F)(F)F)S(=O)(=O)c1cc(N)c(C)cc1F. The Balaban J connectivity index is 3.32. The fourth-order valence-electron chi connectivity index (χ4n) is 1.74. The van der Waals surface area contributed by atoms with Crippen LogP contribution < -0.4 is 5.73 Å². The number of hydrogen-bond acceptors (Lipinski definition) is 3. The second kappa shape index (κ2) is 6.18. The smallest absolute Gasteiger partial charge is 0.398 e. The number of hydrogen-bond donors (Lipinski definition) is 1. The zero-order chi connectivity index (χ0) is 16.4. The van der Waals surface area contributed by atoms with Crippen molar-refractivity contribution >= 4 is 15.7 Å². The molecule has 4 nitrogen and oxygen atoms in total. The van der Waals surface area contributed by atoms with Crippen LogP contribution in [0.1, 0.15) is 18.9 Å². The number of alkyl halides is 3. The number of halogens is 4. The first-order chi connectivity index (χ1) is 9.49. The molecule has 0 radical (unpaired) electrons. The van der Waals surface area contributed by atoms with E-state index < -0.39 is 33.5 Å². The van der Waals surface area contributed by atoms with E-state index in [0.29, 0.717) is 5.56 Å². The van der Waals surface area contributed by atoms with Crippen LogP contribution in [-0.4, -0.2) is 32.0 Å². The monoisotopic (exact) mass is 328 g/mol. The summed E-state index contributed by atoms with van der Waals surface area (Å²) in [6.45, 7) is 0.957. The lowest BCUT2D eigenvalue weighted by atomic mass is 10.2. The third-order valence-electron chi connectivity index (χ3n) is 2.77. The molecule has 9 heteroatoms. The van der Waals surface area contributed by atoms with E-state index in [-0.39, 0.29) is 23.0 Å². The molecule has 1 rings (SSSR count). The average molecular weight is 328 g/mol. The lowest BCUT2D eigenvalue weighted by molar-refractivity contribution is -0.136. The molecule has 0 saturated heterocycles. The van der Waals surface area contributed by atoms with Gasteiger partial charge in [0.2, 0.25) is 10.0 Å². The van der Waals surface area contributed by atoms with E-state index in [1.165, 1.54) is 13.8 Å². The van der Waals surface area contributed by atoms with Gasteiger partial charge in [0.05, 0.1) is 0 Å². The highest BCUT2D eigenvalue weighted by Gasteiger charge is 2.37. The first kappa shape index (κ1) is 17.7. The van der Waals surface area contributed by atoms with Gasteiger partial charge >= 0.3 is 6.18 Å². The molecule has 0 bridgehead atoms. The van der Waals surface area contributed by atoms with Crippen molar-refractivity contribution in [2.24, 2.45) is 0 Å². The summed E-state index contributed by atoms with van der Waals surface area (Å²) in [6, 6.07) is 1.74. The van der Waals surface area contributed by atoms with Crippen LogP contribution in [0.4, 0.5) is 23.2 Å². The zero-order valence-electron chi connectivity index (χ0n) is 11.5. The summed E-state index contributed by atoms with van der Waals surface area (Å²) in [7, 11) is -4.61. The maximum absolute atomic E-state index is 13.8. The normalized spacial score (nSPS) is 12.9. The predicted molar refractivity (Wildman–Crippen MR) is 70.7 cm³/mol. The topological polar surface area (TPSA) is 63.4 Å². The minimum absolute atomic E-state index is 0.00145. The lowest BCUT2D eigenvalue weighted by Gasteiger charge is -2.23. The van der Waals surface area contributed by atoms with Gasteiger partial charge in [-0.3, -0.25) is 0 Å². The molecule has 0 aliphatic heterocycles. The van der Waals surface area contributed by atoms with Crippen molar-refractivity contribution in [2.75, 3.05) is 18.8 Å². The molecule has 0 unspecified atom stereocenters. The summed E-state index contributed by atoms with van der Waals surface area (Å²) in [4.78, 5) is -0.844. The van der Waals surface area contributed by atoms with Crippen LogP contribution in [0.25, 0.3) is 0 Å². The Bertz CT molecular complexity index is 614. The maximum atomic E-state index is 13.8. The first-order valence-corrected chi connectivity index (χ1v) is 7.55. The molecule has 0 aliphatic rings. The highest BCUT2D eigenvalue weighted by Crippen LogP contribution is 2.27. The average Bonchev–Trinajstić information content (AvgIpc) is 2.31. The van der Waals surface area contributed by atoms with E-state index in [9.17, 15) is 26.0 Å². The molecule has 0 fully saturated rings. The number of nitrogens with two attached hydrogens (primary N) is 1. The molecule has 2 N–H and O–H groups in total. The number of nitrogens with zero attached hydrogens (tertiary/aromatic N) is 1. The van der Waals surface area contributed by atoms with Crippen molar-refractivity contribution in [1.29, 1.82) is 0 Å². The Morgan fingerprint density at radius 3 is 2.33 bits per heavy atom. The van der Waals surface area contributed by atoms with E-state index in [2.05, 4.69) is 0 Å². The first-order valence-electron chi connectivity index (χ1n) is 6.11. The molecule has 120 valence electrons. The number of sulfonamides is 1. The second-order valence-corrected chi connectivity index (χ2v) is 6.50. The number of aryl methyl sites for hydroxylation is 1. The van der Waals surface area contributed by atoms with Gasteiger partial charge in [-0.1, -0.05) is 6.92 Å². The Labute approximate surface area is 120 Å². The molecule has 0 aromatic heterocycles. The summed E-state index contributed by atoms with van der Waals surface area (Å²) in [5.74, 6) is -1.12. The molecule has 1 aromatic carbocycles. The summed E-state index contributed by atoms with van der Waals surface area (Å²) in [5.41, 5.74) is 5.82. The summed E-state index contributed by atoms with van der Waals surface area (Å²) in [5, 5.41) is 0. The molecule has 0 heterocycles. The molecule has 21 heavy (non-hydrogen) atoms. The molecule has 0 amide bonds. The van der Waals surface area contributed by atoms with E-state index in [1.54, 1.807) is 0 Å². The van der Waals surface area contributed by atoms with Crippen LogP contribution in [0, 0.1) is 12.7 Å².